The van der Waals surface area contributed by atoms with Gasteiger partial charge in [-0.25, -0.2) is 5.48 Å². The van der Waals surface area contributed by atoms with E-state index in [0.29, 0.717) is 12.0 Å². The van der Waals surface area contributed by atoms with Crippen molar-refractivity contribution >= 4 is 27.3 Å². The molecule has 3 nitrogen and oxygen atoms in total. The van der Waals surface area contributed by atoms with Crippen LogP contribution >= 0.6 is 27.3 Å². The normalized spacial score (nSPS) is 21.9. The lowest BCUT2D eigenvalue weighted by Crippen LogP contribution is -2.27. The maximum atomic E-state index is 5.96. The third kappa shape index (κ3) is 4.03. The van der Waals surface area contributed by atoms with E-state index < -0.39 is 0 Å². The molecule has 2 heterocycles. The Morgan fingerprint density at radius 2 is 2.59 bits per heavy atom. The van der Waals surface area contributed by atoms with Crippen molar-refractivity contribution < 1.29 is 9.57 Å². The Hall–Kier alpha value is 0.0600. The minimum atomic E-state index is 0.313. The minimum absolute atomic E-state index is 0.313. The van der Waals surface area contributed by atoms with Crippen LogP contribution in [0.25, 0.3) is 0 Å². The summed E-state index contributed by atoms with van der Waals surface area (Å²) in [5, 5.41) is 2.11. The molecule has 0 amide bonds. The van der Waals surface area contributed by atoms with Gasteiger partial charge in [0.25, 0.3) is 0 Å². The fraction of sp³-hybridized carbons (Fsp3) is 0.667. The third-order valence-corrected chi connectivity index (χ3v) is 4.73. The Bertz CT molecular complexity index is 339. The van der Waals surface area contributed by atoms with E-state index in [9.17, 15) is 0 Å². The van der Waals surface area contributed by atoms with Crippen LogP contribution in [0.2, 0.25) is 0 Å². The van der Waals surface area contributed by atoms with Gasteiger partial charge in [0.05, 0.1) is 19.3 Å². The summed E-state index contributed by atoms with van der Waals surface area (Å²) in [6.07, 6.45) is 2.35. The number of halogens is 1. The van der Waals surface area contributed by atoms with Gasteiger partial charge < -0.3 is 9.57 Å². The van der Waals surface area contributed by atoms with E-state index in [-0.39, 0.29) is 0 Å². The third-order valence-electron chi connectivity index (χ3n) is 2.98. The van der Waals surface area contributed by atoms with Crippen LogP contribution in [-0.2, 0) is 16.0 Å². The van der Waals surface area contributed by atoms with Crippen LogP contribution in [0, 0.1) is 5.92 Å². The summed E-state index contributed by atoms with van der Waals surface area (Å²) in [5.74, 6) is 0.495. The molecule has 1 fully saturated rings. The molecule has 1 N–H and O–H groups in total. The smallest absolute Gasteiger partial charge is 0.0748 e. The Morgan fingerprint density at radius 1 is 1.71 bits per heavy atom. The molecule has 2 atom stereocenters. The largest absolute Gasteiger partial charge is 0.377 e. The number of thiophene rings is 1. The number of rotatable bonds is 6. The van der Waals surface area contributed by atoms with Crippen molar-refractivity contribution in [2.45, 2.75) is 25.9 Å². The molecule has 0 saturated carbocycles. The molecular formula is C12H18BrNO2S. The number of hydroxylamine groups is 1. The van der Waals surface area contributed by atoms with Crippen LogP contribution in [0.1, 0.15) is 18.2 Å². The van der Waals surface area contributed by atoms with Gasteiger partial charge in [-0.05, 0) is 28.4 Å². The first-order valence-corrected chi connectivity index (χ1v) is 7.66. The van der Waals surface area contributed by atoms with Crippen molar-refractivity contribution in [2.75, 3.05) is 19.8 Å². The lowest BCUT2D eigenvalue weighted by molar-refractivity contribution is 0.00786. The van der Waals surface area contributed by atoms with Crippen molar-refractivity contribution in [3.8, 4) is 0 Å². The molecule has 0 bridgehead atoms. The van der Waals surface area contributed by atoms with Crippen LogP contribution in [0.5, 0.6) is 0 Å². The van der Waals surface area contributed by atoms with Crippen molar-refractivity contribution in [3.63, 3.8) is 0 Å². The molecule has 0 aromatic carbocycles. The van der Waals surface area contributed by atoms with Gasteiger partial charge >= 0.3 is 0 Å². The molecule has 96 valence electrons. The van der Waals surface area contributed by atoms with Crippen molar-refractivity contribution in [1.29, 1.82) is 0 Å². The van der Waals surface area contributed by atoms with E-state index in [1.807, 2.05) is 0 Å². The highest BCUT2D eigenvalue weighted by Crippen LogP contribution is 2.21. The van der Waals surface area contributed by atoms with E-state index >= 15 is 0 Å². The predicted octanol–water partition coefficient (Wildman–Crippen LogP) is 3.00. The molecule has 1 aliphatic rings. The molecule has 0 spiro atoms. The zero-order valence-electron chi connectivity index (χ0n) is 9.95. The van der Waals surface area contributed by atoms with Gasteiger partial charge in [0, 0.05) is 33.6 Å². The van der Waals surface area contributed by atoms with Gasteiger partial charge in [-0.2, -0.15) is 0 Å². The Morgan fingerprint density at radius 3 is 3.18 bits per heavy atom. The van der Waals surface area contributed by atoms with Gasteiger partial charge in [-0.15, -0.1) is 11.3 Å². The van der Waals surface area contributed by atoms with E-state index in [0.717, 1.165) is 37.1 Å². The number of hydrogen-bond donors (Lipinski definition) is 1. The molecule has 2 rings (SSSR count). The quantitative estimate of drug-likeness (QED) is 0.874. The molecule has 1 aromatic heterocycles. The molecule has 5 heteroatoms. The molecule has 1 aromatic rings. The molecule has 1 aliphatic heterocycles. The monoisotopic (exact) mass is 319 g/mol. The van der Waals surface area contributed by atoms with E-state index in [4.69, 9.17) is 9.57 Å². The number of hydrogen-bond acceptors (Lipinski definition) is 4. The first kappa shape index (κ1) is 13.5. The second-order valence-electron chi connectivity index (χ2n) is 4.22. The Kier molecular flexibility index (Phi) is 5.44. The van der Waals surface area contributed by atoms with Crippen molar-refractivity contribution in [2.24, 2.45) is 5.92 Å². The van der Waals surface area contributed by atoms with Gasteiger partial charge in [-0.1, -0.05) is 6.92 Å². The van der Waals surface area contributed by atoms with Crippen LogP contribution in [0.15, 0.2) is 15.9 Å². The number of nitrogens with one attached hydrogen (secondary N) is 1. The van der Waals surface area contributed by atoms with Gasteiger partial charge in [-0.3, -0.25) is 0 Å². The van der Waals surface area contributed by atoms with Crippen LogP contribution in [0.3, 0.4) is 0 Å². The second-order valence-corrected chi connectivity index (χ2v) is 6.13. The first-order valence-electron chi connectivity index (χ1n) is 5.98. The summed E-state index contributed by atoms with van der Waals surface area (Å²) < 4.78 is 7.12. The van der Waals surface area contributed by atoms with Gasteiger partial charge in [0.15, 0.2) is 0 Å². The molecule has 0 radical (unpaired) electrons. The molecule has 1 unspecified atom stereocenters. The summed E-state index contributed by atoms with van der Waals surface area (Å²) in [6.45, 7) is 4.64. The van der Waals surface area contributed by atoms with E-state index in [1.165, 1.54) is 4.88 Å². The van der Waals surface area contributed by atoms with Crippen LogP contribution < -0.4 is 5.48 Å². The average molecular weight is 320 g/mol. The molecular weight excluding hydrogens is 302 g/mol. The molecule has 0 aliphatic carbocycles. The van der Waals surface area contributed by atoms with Crippen LogP contribution in [0.4, 0.5) is 0 Å². The Labute approximate surface area is 115 Å². The molecule has 1 saturated heterocycles. The van der Waals surface area contributed by atoms with Gasteiger partial charge in [0.1, 0.15) is 0 Å². The zero-order chi connectivity index (χ0) is 12.1. The average Bonchev–Trinajstić information content (AvgIpc) is 2.96. The Balaban J connectivity index is 1.72. The van der Waals surface area contributed by atoms with Crippen LogP contribution in [-0.4, -0.2) is 25.9 Å². The van der Waals surface area contributed by atoms with Crippen molar-refractivity contribution in [1.82, 2.24) is 5.48 Å². The SMILES string of the molecule is CCC(OCCc1cc(Br)cs1)[C@@H]1CNOC1. The maximum absolute atomic E-state index is 5.96. The summed E-state index contributed by atoms with van der Waals surface area (Å²) in [7, 11) is 0. The molecule has 17 heavy (non-hydrogen) atoms. The summed E-state index contributed by atoms with van der Waals surface area (Å²) >= 11 is 5.24. The minimum Gasteiger partial charge on any atom is -0.377 e. The topological polar surface area (TPSA) is 30.5 Å². The first-order chi connectivity index (χ1) is 8.29. The lowest BCUT2D eigenvalue weighted by Gasteiger charge is -2.20. The lowest BCUT2D eigenvalue weighted by atomic mass is 10.0. The highest BCUT2D eigenvalue weighted by atomic mass is 79.9. The number of ether oxygens (including phenoxy) is 1. The highest BCUT2D eigenvalue weighted by Gasteiger charge is 2.25. The van der Waals surface area contributed by atoms with E-state index in [2.05, 4.69) is 39.8 Å². The highest BCUT2D eigenvalue weighted by molar-refractivity contribution is 9.10. The summed E-state index contributed by atoms with van der Waals surface area (Å²) in [5.41, 5.74) is 2.91. The fourth-order valence-electron chi connectivity index (χ4n) is 2.01. The predicted molar refractivity (Wildman–Crippen MR) is 73.2 cm³/mol. The zero-order valence-corrected chi connectivity index (χ0v) is 12.4. The summed E-state index contributed by atoms with van der Waals surface area (Å²) in [4.78, 5) is 6.54. The fourth-order valence-corrected chi connectivity index (χ4v) is 3.45. The van der Waals surface area contributed by atoms with Crippen molar-refractivity contribution in [3.05, 3.63) is 20.8 Å². The second kappa shape index (κ2) is 6.85. The standard InChI is InChI=1S/C12H18BrNO2S/c1-2-12(9-6-14-16-7-9)15-4-3-11-5-10(13)8-17-11/h5,8-9,12,14H,2-4,6-7H2,1H3/t9-,12?/m1/s1. The summed E-state index contributed by atoms with van der Waals surface area (Å²) in [6, 6.07) is 2.16. The van der Waals surface area contributed by atoms with E-state index in [1.54, 1.807) is 11.3 Å². The van der Waals surface area contributed by atoms with Gasteiger partial charge in [0.2, 0.25) is 0 Å². The maximum Gasteiger partial charge on any atom is 0.0748 e.